The van der Waals surface area contributed by atoms with Crippen LogP contribution < -0.4 is 0 Å². The van der Waals surface area contributed by atoms with E-state index in [4.69, 9.17) is 39.9 Å². The van der Waals surface area contributed by atoms with Gasteiger partial charge in [0.25, 0.3) is 5.91 Å². The lowest BCUT2D eigenvalue weighted by atomic mass is 10.2. The molecule has 0 bridgehead atoms. The third-order valence-electron chi connectivity index (χ3n) is 3.45. The van der Waals surface area contributed by atoms with Gasteiger partial charge in [-0.15, -0.1) is 0 Å². The quantitative estimate of drug-likeness (QED) is 0.901. The summed E-state index contributed by atoms with van der Waals surface area (Å²) in [5.41, 5.74) is -0.0702. The predicted octanol–water partition coefficient (Wildman–Crippen LogP) is 3.51. The number of carboxylic acids is 1. The summed E-state index contributed by atoms with van der Waals surface area (Å²) in [6.07, 6.45) is 4.72. The van der Waals surface area contributed by atoms with Gasteiger partial charge in [-0.3, -0.25) is 9.59 Å². The summed E-state index contributed by atoms with van der Waals surface area (Å²) in [5, 5.41) is 9.14. The molecule has 1 N–H and O–H groups in total. The van der Waals surface area contributed by atoms with E-state index < -0.39 is 11.9 Å². The van der Waals surface area contributed by atoms with Crippen LogP contribution in [-0.4, -0.2) is 39.5 Å². The fourth-order valence-electron chi connectivity index (χ4n) is 2.46. The van der Waals surface area contributed by atoms with E-state index in [2.05, 4.69) is 4.98 Å². The molecule has 1 saturated carbocycles. The first-order valence-electron chi connectivity index (χ1n) is 6.44. The van der Waals surface area contributed by atoms with Gasteiger partial charge in [0.15, 0.2) is 0 Å². The summed E-state index contributed by atoms with van der Waals surface area (Å²) >= 11 is 17.7. The van der Waals surface area contributed by atoms with Gasteiger partial charge in [0.1, 0.15) is 12.2 Å². The zero-order chi connectivity index (χ0) is 15.6. The van der Waals surface area contributed by atoms with Crippen LogP contribution in [0.15, 0.2) is 6.20 Å². The van der Waals surface area contributed by atoms with E-state index in [-0.39, 0.29) is 33.3 Å². The average Bonchev–Trinajstić information content (AvgIpc) is 2.95. The fourth-order valence-corrected chi connectivity index (χ4v) is 3.02. The standard InChI is InChI=1S/C13H13Cl3N2O3/c14-8-5-17-12(11(16)10(8)15)13(21)18(6-9(19)20)7-3-1-2-4-7/h5,7H,1-4,6H2,(H,19,20). The molecule has 5 nitrogen and oxygen atoms in total. The number of pyridine rings is 1. The Labute approximate surface area is 136 Å². The first-order valence-corrected chi connectivity index (χ1v) is 7.57. The number of nitrogens with zero attached hydrogens (tertiary/aromatic N) is 2. The zero-order valence-electron chi connectivity index (χ0n) is 11.0. The predicted molar refractivity (Wildman–Crippen MR) is 80.2 cm³/mol. The first-order chi connectivity index (χ1) is 9.91. The first kappa shape index (κ1) is 16.3. The summed E-state index contributed by atoms with van der Waals surface area (Å²) in [6, 6.07) is -0.110. The molecule has 1 aromatic rings. The van der Waals surface area contributed by atoms with Crippen molar-refractivity contribution in [1.82, 2.24) is 9.88 Å². The van der Waals surface area contributed by atoms with Crippen LogP contribution >= 0.6 is 34.8 Å². The Balaban J connectivity index is 2.33. The van der Waals surface area contributed by atoms with Crippen molar-refractivity contribution in [1.29, 1.82) is 0 Å². The van der Waals surface area contributed by atoms with Crippen LogP contribution in [0.2, 0.25) is 15.1 Å². The Bertz CT molecular complexity index is 574. The van der Waals surface area contributed by atoms with Crippen LogP contribution in [0.5, 0.6) is 0 Å². The van der Waals surface area contributed by atoms with E-state index in [0.29, 0.717) is 0 Å². The molecule has 21 heavy (non-hydrogen) atoms. The number of rotatable bonds is 4. The van der Waals surface area contributed by atoms with E-state index >= 15 is 0 Å². The second kappa shape index (κ2) is 6.81. The van der Waals surface area contributed by atoms with Gasteiger partial charge < -0.3 is 10.0 Å². The molecule has 1 fully saturated rings. The smallest absolute Gasteiger partial charge is 0.323 e. The Morgan fingerprint density at radius 2 is 1.86 bits per heavy atom. The molecular weight excluding hydrogens is 339 g/mol. The van der Waals surface area contributed by atoms with Crippen molar-refractivity contribution in [2.45, 2.75) is 31.7 Å². The Morgan fingerprint density at radius 1 is 1.24 bits per heavy atom. The van der Waals surface area contributed by atoms with Crippen molar-refractivity contribution in [2.75, 3.05) is 6.54 Å². The van der Waals surface area contributed by atoms with Crippen LogP contribution in [0.4, 0.5) is 0 Å². The molecule has 0 aliphatic heterocycles. The lowest BCUT2D eigenvalue weighted by molar-refractivity contribution is -0.138. The third kappa shape index (κ3) is 3.59. The Morgan fingerprint density at radius 3 is 2.43 bits per heavy atom. The van der Waals surface area contributed by atoms with Crippen molar-refractivity contribution in [3.05, 3.63) is 27.0 Å². The highest BCUT2D eigenvalue weighted by Gasteiger charge is 2.31. The molecule has 0 aromatic carbocycles. The molecule has 0 saturated heterocycles. The highest BCUT2D eigenvalue weighted by molar-refractivity contribution is 6.48. The van der Waals surface area contributed by atoms with Crippen molar-refractivity contribution < 1.29 is 14.7 Å². The van der Waals surface area contributed by atoms with Crippen molar-refractivity contribution in [2.24, 2.45) is 0 Å². The minimum absolute atomic E-state index is 0.0402. The van der Waals surface area contributed by atoms with Crippen molar-refractivity contribution in [3.8, 4) is 0 Å². The molecule has 1 heterocycles. The number of aliphatic carboxylic acids is 1. The molecule has 114 valence electrons. The van der Waals surface area contributed by atoms with Crippen LogP contribution in [0.25, 0.3) is 0 Å². The number of aromatic nitrogens is 1. The second-order valence-corrected chi connectivity index (χ2v) is 6.01. The van der Waals surface area contributed by atoms with E-state index in [9.17, 15) is 9.59 Å². The molecule has 1 aliphatic carbocycles. The number of carbonyl (C=O) groups is 2. The largest absolute Gasteiger partial charge is 0.480 e. The molecular formula is C13H13Cl3N2O3. The fraction of sp³-hybridized carbons (Fsp3) is 0.462. The number of hydrogen-bond acceptors (Lipinski definition) is 3. The highest BCUT2D eigenvalue weighted by Crippen LogP contribution is 2.33. The molecule has 1 amide bonds. The molecule has 8 heteroatoms. The van der Waals surface area contributed by atoms with Crippen LogP contribution in [0.3, 0.4) is 0 Å². The van der Waals surface area contributed by atoms with Gasteiger partial charge in [-0.2, -0.15) is 0 Å². The van der Waals surface area contributed by atoms with Gasteiger partial charge in [0, 0.05) is 12.2 Å². The summed E-state index contributed by atoms with van der Waals surface area (Å²) in [7, 11) is 0. The maximum Gasteiger partial charge on any atom is 0.323 e. The van der Waals surface area contributed by atoms with E-state index in [1.165, 1.54) is 11.1 Å². The Kier molecular flexibility index (Phi) is 5.30. The molecule has 0 atom stereocenters. The maximum absolute atomic E-state index is 12.6. The monoisotopic (exact) mass is 350 g/mol. The van der Waals surface area contributed by atoms with Crippen molar-refractivity contribution >= 4 is 46.7 Å². The van der Waals surface area contributed by atoms with E-state index in [1.54, 1.807) is 0 Å². The number of halogens is 3. The van der Waals surface area contributed by atoms with Crippen LogP contribution in [-0.2, 0) is 4.79 Å². The highest BCUT2D eigenvalue weighted by atomic mass is 35.5. The number of amides is 1. The van der Waals surface area contributed by atoms with Gasteiger partial charge in [0.05, 0.1) is 15.1 Å². The van der Waals surface area contributed by atoms with E-state index in [0.717, 1.165) is 25.7 Å². The number of carbonyl (C=O) groups excluding carboxylic acids is 1. The van der Waals surface area contributed by atoms with Gasteiger partial charge in [-0.25, -0.2) is 4.98 Å². The van der Waals surface area contributed by atoms with Gasteiger partial charge in [0.2, 0.25) is 0 Å². The number of hydrogen-bond donors (Lipinski definition) is 1. The molecule has 1 aliphatic rings. The minimum atomic E-state index is -1.08. The molecule has 0 radical (unpaired) electrons. The van der Waals surface area contributed by atoms with E-state index in [1.807, 2.05) is 0 Å². The van der Waals surface area contributed by atoms with Crippen LogP contribution in [0.1, 0.15) is 36.2 Å². The van der Waals surface area contributed by atoms with Gasteiger partial charge >= 0.3 is 5.97 Å². The Hall–Kier alpha value is -1.04. The second-order valence-electron chi connectivity index (χ2n) is 4.85. The lowest BCUT2D eigenvalue weighted by Crippen LogP contribution is -2.42. The summed E-state index contributed by atoms with van der Waals surface area (Å²) < 4.78 is 0. The van der Waals surface area contributed by atoms with Crippen molar-refractivity contribution in [3.63, 3.8) is 0 Å². The normalized spacial score (nSPS) is 15.2. The zero-order valence-corrected chi connectivity index (χ0v) is 13.3. The summed E-state index contributed by atoms with van der Waals surface area (Å²) in [4.78, 5) is 28.8. The summed E-state index contributed by atoms with van der Waals surface area (Å²) in [6.45, 7) is -0.387. The van der Waals surface area contributed by atoms with Gasteiger partial charge in [-0.1, -0.05) is 47.6 Å². The van der Waals surface area contributed by atoms with Crippen LogP contribution in [0, 0.1) is 0 Å². The number of carboxylic acid groups (broad SMARTS) is 1. The SMILES string of the molecule is O=C(O)CN(C(=O)c1ncc(Cl)c(Cl)c1Cl)C1CCCC1. The molecule has 0 unspecified atom stereocenters. The van der Waals surface area contributed by atoms with Gasteiger partial charge in [-0.05, 0) is 12.8 Å². The molecule has 0 spiro atoms. The third-order valence-corrected chi connectivity index (χ3v) is 4.69. The lowest BCUT2D eigenvalue weighted by Gasteiger charge is -2.27. The molecule has 1 aromatic heterocycles. The molecule has 2 rings (SSSR count). The summed E-state index contributed by atoms with van der Waals surface area (Å²) in [5.74, 6) is -1.61. The maximum atomic E-state index is 12.6. The topological polar surface area (TPSA) is 70.5 Å². The minimum Gasteiger partial charge on any atom is -0.480 e. The average molecular weight is 352 g/mol.